The van der Waals surface area contributed by atoms with Gasteiger partial charge in [0, 0.05) is 6.04 Å². The van der Waals surface area contributed by atoms with Crippen LogP contribution in [0.2, 0.25) is 0 Å². The van der Waals surface area contributed by atoms with E-state index >= 15 is 0 Å². The SMILES string of the molecule is N#CC(NC1C2CC3CC(C2)CC1C3)c1ccsc1. The summed E-state index contributed by atoms with van der Waals surface area (Å²) in [6.45, 7) is 0. The minimum absolute atomic E-state index is 0.103. The number of hydrogen-bond acceptors (Lipinski definition) is 3. The van der Waals surface area contributed by atoms with Crippen molar-refractivity contribution in [3.05, 3.63) is 22.4 Å². The Hall–Kier alpha value is -0.850. The molecule has 0 amide bonds. The van der Waals surface area contributed by atoms with Crippen LogP contribution >= 0.6 is 11.3 Å². The van der Waals surface area contributed by atoms with Crippen molar-refractivity contribution < 1.29 is 0 Å². The Bertz CT molecular complexity index is 459. The first-order chi connectivity index (χ1) is 9.33. The highest BCUT2D eigenvalue weighted by Crippen LogP contribution is 2.54. The predicted octanol–water partition coefficient (Wildman–Crippen LogP) is 3.73. The maximum Gasteiger partial charge on any atom is 0.122 e. The number of nitriles is 1. The van der Waals surface area contributed by atoms with Gasteiger partial charge in [-0.2, -0.15) is 16.6 Å². The van der Waals surface area contributed by atoms with Gasteiger partial charge in [0.2, 0.25) is 0 Å². The first kappa shape index (κ1) is 11.9. The Morgan fingerprint density at radius 3 is 2.37 bits per heavy atom. The second-order valence-electron chi connectivity index (χ2n) is 6.74. The van der Waals surface area contributed by atoms with Crippen molar-refractivity contribution >= 4 is 11.3 Å². The molecule has 4 aliphatic rings. The van der Waals surface area contributed by atoms with E-state index in [9.17, 15) is 5.26 Å². The zero-order valence-electron chi connectivity index (χ0n) is 11.1. The molecule has 5 rings (SSSR count). The van der Waals surface area contributed by atoms with Crippen LogP contribution < -0.4 is 5.32 Å². The summed E-state index contributed by atoms with van der Waals surface area (Å²) in [5, 5.41) is 17.3. The average molecular weight is 272 g/mol. The van der Waals surface area contributed by atoms with Crippen LogP contribution in [0.3, 0.4) is 0 Å². The van der Waals surface area contributed by atoms with E-state index in [2.05, 4.69) is 28.2 Å². The quantitative estimate of drug-likeness (QED) is 0.910. The maximum atomic E-state index is 9.44. The lowest BCUT2D eigenvalue weighted by atomic mass is 9.54. The van der Waals surface area contributed by atoms with E-state index in [0.29, 0.717) is 6.04 Å². The molecule has 1 unspecified atom stereocenters. The molecule has 1 N–H and O–H groups in total. The topological polar surface area (TPSA) is 35.8 Å². The van der Waals surface area contributed by atoms with Crippen LogP contribution in [0.25, 0.3) is 0 Å². The van der Waals surface area contributed by atoms with E-state index in [1.165, 1.54) is 32.1 Å². The Labute approximate surface area is 118 Å². The second kappa shape index (κ2) is 4.61. The molecular weight excluding hydrogens is 252 g/mol. The van der Waals surface area contributed by atoms with Crippen LogP contribution in [-0.2, 0) is 0 Å². The van der Waals surface area contributed by atoms with Gasteiger partial charge in [-0.1, -0.05) is 0 Å². The fourth-order valence-corrected chi connectivity index (χ4v) is 5.72. The fraction of sp³-hybridized carbons (Fsp3) is 0.688. The molecule has 4 saturated carbocycles. The monoisotopic (exact) mass is 272 g/mol. The molecule has 100 valence electrons. The smallest absolute Gasteiger partial charge is 0.122 e. The zero-order valence-corrected chi connectivity index (χ0v) is 11.9. The summed E-state index contributed by atoms with van der Waals surface area (Å²) in [7, 11) is 0. The van der Waals surface area contributed by atoms with E-state index in [-0.39, 0.29) is 6.04 Å². The van der Waals surface area contributed by atoms with Gasteiger partial charge in [-0.05, 0) is 78.2 Å². The normalized spacial score (nSPS) is 41.1. The van der Waals surface area contributed by atoms with Gasteiger partial charge in [0.15, 0.2) is 0 Å². The van der Waals surface area contributed by atoms with Crippen LogP contribution in [-0.4, -0.2) is 6.04 Å². The van der Waals surface area contributed by atoms with Gasteiger partial charge < -0.3 is 0 Å². The van der Waals surface area contributed by atoms with E-state index < -0.39 is 0 Å². The lowest BCUT2D eigenvalue weighted by Gasteiger charge is -2.55. The number of rotatable bonds is 3. The largest absolute Gasteiger partial charge is 0.295 e. The molecule has 1 aromatic heterocycles. The average Bonchev–Trinajstić information content (AvgIpc) is 2.91. The highest BCUT2D eigenvalue weighted by molar-refractivity contribution is 7.08. The second-order valence-corrected chi connectivity index (χ2v) is 7.52. The van der Waals surface area contributed by atoms with Crippen molar-refractivity contribution in [3.8, 4) is 6.07 Å². The van der Waals surface area contributed by atoms with Crippen LogP contribution in [0.5, 0.6) is 0 Å². The third-order valence-electron chi connectivity index (χ3n) is 5.59. The summed E-state index contributed by atoms with van der Waals surface area (Å²) in [5.41, 5.74) is 1.15. The van der Waals surface area contributed by atoms with Crippen molar-refractivity contribution in [1.29, 1.82) is 5.26 Å². The van der Waals surface area contributed by atoms with Crippen molar-refractivity contribution in [1.82, 2.24) is 5.32 Å². The van der Waals surface area contributed by atoms with Gasteiger partial charge in [0.05, 0.1) is 6.07 Å². The standard InChI is InChI=1S/C16H20N2S/c17-8-15(12-1-2-19-9-12)18-16-13-4-10-3-11(6-13)7-14(16)5-10/h1-2,9-11,13-16,18H,3-7H2. The lowest BCUT2D eigenvalue weighted by Crippen LogP contribution is -2.55. The molecule has 2 nitrogen and oxygen atoms in total. The molecule has 4 aliphatic carbocycles. The Balaban J connectivity index is 1.52. The molecule has 3 heteroatoms. The molecule has 1 heterocycles. The Morgan fingerprint density at radius 1 is 1.16 bits per heavy atom. The van der Waals surface area contributed by atoms with Crippen molar-refractivity contribution in [2.24, 2.45) is 23.7 Å². The third kappa shape index (κ3) is 2.02. The first-order valence-electron chi connectivity index (χ1n) is 7.51. The molecular formula is C16H20N2S. The van der Waals surface area contributed by atoms with Crippen molar-refractivity contribution in [2.45, 2.75) is 44.2 Å². The summed E-state index contributed by atoms with van der Waals surface area (Å²) in [5.74, 6) is 3.68. The van der Waals surface area contributed by atoms with Crippen LogP contribution in [0.15, 0.2) is 16.8 Å². The number of thiophene rings is 1. The predicted molar refractivity (Wildman–Crippen MR) is 76.6 cm³/mol. The van der Waals surface area contributed by atoms with E-state index in [1.54, 1.807) is 11.3 Å². The highest BCUT2D eigenvalue weighted by Gasteiger charge is 2.48. The zero-order chi connectivity index (χ0) is 12.8. The first-order valence-corrected chi connectivity index (χ1v) is 8.45. The van der Waals surface area contributed by atoms with Gasteiger partial charge in [-0.15, -0.1) is 0 Å². The molecule has 1 atom stereocenters. The molecule has 0 spiro atoms. The fourth-order valence-electron chi connectivity index (χ4n) is 5.04. The lowest BCUT2D eigenvalue weighted by molar-refractivity contribution is -0.0157. The van der Waals surface area contributed by atoms with Gasteiger partial charge in [-0.3, -0.25) is 5.32 Å². The third-order valence-corrected chi connectivity index (χ3v) is 6.29. The van der Waals surface area contributed by atoms with E-state index in [1.807, 2.05) is 0 Å². The molecule has 0 saturated heterocycles. The molecule has 19 heavy (non-hydrogen) atoms. The molecule has 0 aliphatic heterocycles. The summed E-state index contributed by atoms with van der Waals surface area (Å²) < 4.78 is 0. The van der Waals surface area contributed by atoms with E-state index in [4.69, 9.17) is 0 Å². The summed E-state index contributed by atoms with van der Waals surface area (Å²) >= 11 is 1.68. The maximum absolute atomic E-state index is 9.44. The number of hydrogen-bond donors (Lipinski definition) is 1. The molecule has 0 radical (unpaired) electrons. The van der Waals surface area contributed by atoms with Gasteiger partial charge in [0.1, 0.15) is 6.04 Å². The van der Waals surface area contributed by atoms with Crippen LogP contribution in [0, 0.1) is 35.0 Å². The molecule has 1 aromatic rings. The Kier molecular flexibility index (Phi) is 2.90. The molecule has 4 fully saturated rings. The number of nitrogens with zero attached hydrogens (tertiary/aromatic N) is 1. The summed E-state index contributed by atoms with van der Waals surface area (Å²) in [4.78, 5) is 0. The van der Waals surface area contributed by atoms with Gasteiger partial charge in [0.25, 0.3) is 0 Å². The summed E-state index contributed by atoms with van der Waals surface area (Å²) in [6.07, 6.45) is 7.13. The minimum Gasteiger partial charge on any atom is -0.295 e. The number of nitrogens with one attached hydrogen (secondary N) is 1. The van der Waals surface area contributed by atoms with Gasteiger partial charge >= 0.3 is 0 Å². The highest BCUT2D eigenvalue weighted by atomic mass is 32.1. The summed E-state index contributed by atoms with van der Waals surface area (Å²) in [6, 6.07) is 5.04. The van der Waals surface area contributed by atoms with Crippen molar-refractivity contribution in [2.75, 3.05) is 0 Å². The molecule has 0 aromatic carbocycles. The van der Waals surface area contributed by atoms with Crippen LogP contribution in [0.1, 0.15) is 43.7 Å². The van der Waals surface area contributed by atoms with Gasteiger partial charge in [-0.25, -0.2) is 0 Å². The Morgan fingerprint density at radius 2 is 1.84 bits per heavy atom. The minimum atomic E-state index is -0.103. The van der Waals surface area contributed by atoms with Crippen LogP contribution in [0.4, 0.5) is 0 Å². The van der Waals surface area contributed by atoms with E-state index in [0.717, 1.165) is 29.2 Å². The molecule has 4 bridgehead atoms. The van der Waals surface area contributed by atoms with Crippen molar-refractivity contribution in [3.63, 3.8) is 0 Å².